The molecule has 1 aromatic rings. The molecular weight excluding hydrogens is 206 g/mol. The molecule has 1 aliphatic carbocycles. The van der Waals surface area contributed by atoms with Gasteiger partial charge in [0.25, 0.3) is 0 Å². The van der Waals surface area contributed by atoms with Crippen LogP contribution >= 0.6 is 0 Å². The second-order valence-corrected chi connectivity index (χ2v) is 5.15. The topological polar surface area (TPSA) is 12.0 Å². The third kappa shape index (κ3) is 2.61. The Kier molecular flexibility index (Phi) is 4.01. The number of rotatable bonds is 5. The van der Waals surface area contributed by atoms with Gasteiger partial charge in [-0.2, -0.15) is 0 Å². The van der Waals surface area contributed by atoms with Crippen molar-refractivity contribution in [2.75, 3.05) is 13.1 Å². The minimum Gasteiger partial charge on any atom is -0.316 e. The standard InChI is InChI=1S/C16H23N/c1-3-12-17-13-16(10-6-7-11-16)15-9-5-4-8-14(15)2/h4-9,17H,3,10-13H2,1-2H3. The Morgan fingerprint density at radius 1 is 1.18 bits per heavy atom. The van der Waals surface area contributed by atoms with Gasteiger partial charge < -0.3 is 5.32 Å². The zero-order valence-electron chi connectivity index (χ0n) is 11.0. The fourth-order valence-corrected chi connectivity index (χ4v) is 2.83. The van der Waals surface area contributed by atoms with Crippen LogP contribution in [0, 0.1) is 6.92 Å². The zero-order chi connectivity index (χ0) is 12.1. The summed E-state index contributed by atoms with van der Waals surface area (Å²) in [7, 11) is 0. The average Bonchev–Trinajstić information content (AvgIpc) is 2.80. The largest absolute Gasteiger partial charge is 0.316 e. The highest BCUT2D eigenvalue weighted by Gasteiger charge is 2.33. The van der Waals surface area contributed by atoms with Gasteiger partial charge in [-0.25, -0.2) is 0 Å². The van der Waals surface area contributed by atoms with Gasteiger partial charge in [-0.3, -0.25) is 0 Å². The maximum absolute atomic E-state index is 3.60. The van der Waals surface area contributed by atoms with Gasteiger partial charge in [-0.1, -0.05) is 43.3 Å². The predicted octanol–water partition coefficient (Wildman–Crippen LogP) is 3.58. The highest BCUT2D eigenvalue weighted by atomic mass is 14.9. The molecule has 0 saturated carbocycles. The highest BCUT2D eigenvalue weighted by Crippen LogP contribution is 2.38. The highest BCUT2D eigenvalue weighted by molar-refractivity contribution is 5.37. The summed E-state index contributed by atoms with van der Waals surface area (Å²) in [5, 5.41) is 3.60. The molecule has 0 unspecified atom stereocenters. The zero-order valence-corrected chi connectivity index (χ0v) is 11.0. The Morgan fingerprint density at radius 3 is 2.53 bits per heavy atom. The molecule has 0 heterocycles. The maximum Gasteiger partial charge on any atom is 0.0149 e. The molecule has 0 aromatic heterocycles. The number of hydrogen-bond donors (Lipinski definition) is 1. The summed E-state index contributed by atoms with van der Waals surface area (Å²) in [5.41, 5.74) is 3.25. The van der Waals surface area contributed by atoms with Gasteiger partial charge in [-0.15, -0.1) is 0 Å². The van der Waals surface area contributed by atoms with E-state index in [-0.39, 0.29) is 0 Å². The van der Waals surface area contributed by atoms with Gasteiger partial charge in [-0.05, 0) is 43.9 Å². The summed E-state index contributed by atoms with van der Waals surface area (Å²) in [6.45, 7) is 6.67. The molecule has 0 atom stereocenters. The molecule has 0 bridgehead atoms. The number of allylic oxidation sites excluding steroid dienone is 2. The lowest BCUT2D eigenvalue weighted by molar-refractivity contribution is 0.417. The van der Waals surface area contributed by atoms with Gasteiger partial charge >= 0.3 is 0 Å². The van der Waals surface area contributed by atoms with Crippen LogP contribution in [0.2, 0.25) is 0 Å². The first-order valence-corrected chi connectivity index (χ1v) is 6.70. The molecule has 2 rings (SSSR count). The number of nitrogens with one attached hydrogen (secondary N) is 1. The lowest BCUT2D eigenvalue weighted by Crippen LogP contribution is -2.37. The molecule has 0 saturated heterocycles. The van der Waals surface area contributed by atoms with Crippen molar-refractivity contribution in [3.05, 3.63) is 47.5 Å². The van der Waals surface area contributed by atoms with E-state index in [1.165, 1.54) is 30.4 Å². The summed E-state index contributed by atoms with van der Waals surface area (Å²) in [5.74, 6) is 0. The van der Waals surface area contributed by atoms with E-state index in [9.17, 15) is 0 Å². The number of hydrogen-bond acceptors (Lipinski definition) is 1. The normalized spacial score (nSPS) is 17.5. The first-order chi connectivity index (χ1) is 8.28. The van der Waals surface area contributed by atoms with Gasteiger partial charge in [0.1, 0.15) is 0 Å². The first-order valence-electron chi connectivity index (χ1n) is 6.70. The molecule has 17 heavy (non-hydrogen) atoms. The van der Waals surface area contributed by atoms with Crippen LogP contribution in [0.3, 0.4) is 0 Å². The second-order valence-electron chi connectivity index (χ2n) is 5.15. The van der Waals surface area contributed by atoms with E-state index in [0.29, 0.717) is 5.41 Å². The van der Waals surface area contributed by atoms with Crippen LogP contribution in [0.25, 0.3) is 0 Å². The Hall–Kier alpha value is -1.08. The Balaban J connectivity index is 2.19. The maximum atomic E-state index is 3.60. The SMILES string of the molecule is CCCNCC1(c2ccccc2C)CC=CC1. The third-order valence-corrected chi connectivity index (χ3v) is 3.79. The Labute approximate surface area is 105 Å². The van der Waals surface area contributed by atoms with Crippen molar-refractivity contribution in [3.63, 3.8) is 0 Å². The van der Waals surface area contributed by atoms with E-state index in [1.54, 1.807) is 0 Å². The van der Waals surface area contributed by atoms with E-state index in [2.05, 4.69) is 55.6 Å². The minimum atomic E-state index is 0.306. The average molecular weight is 229 g/mol. The molecule has 0 spiro atoms. The Bertz CT molecular complexity index is 384. The molecule has 1 aromatic carbocycles. The fraction of sp³-hybridized carbons (Fsp3) is 0.500. The van der Waals surface area contributed by atoms with Crippen LogP contribution in [0.5, 0.6) is 0 Å². The molecule has 92 valence electrons. The van der Waals surface area contributed by atoms with Crippen LogP contribution < -0.4 is 5.32 Å². The van der Waals surface area contributed by atoms with Crippen LogP contribution in [-0.2, 0) is 5.41 Å². The Morgan fingerprint density at radius 2 is 1.88 bits per heavy atom. The summed E-state index contributed by atoms with van der Waals surface area (Å²) < 4.78 is 0. The predicted molar refractivity (Wildman–Crippen MR) is 74.4 cm³/mol. The van der Waals surface area contributed by atoms with Gasteiger partial charge in [0.15, 0.2) is 0 Å². The van der Waals surface area contributed by atoms with Crippen LogP contribution in [0.15, 0.2) is 36.4 Å². The van der Waals surface area contributed by atoms with Gasteiger partial charge in [0, 0.05) is 12.0 Å². The molecule has 0 radical (unpaired) electrons. The van der Waals surface area contributed by atoms with Crippen molar-refractivity contribution >= 4 is 0 Å². The summed E-state index contributed by atoms with van der Waals surface area (Å²) in [4.78, 5) is 0. The van der Waals surface area contributed by atoms with Crippen LogP contribution in [0.4, 0.5) is 0 Å². The number of aryl methyl sites for hydroxylation is 1. The third-order valence-electron chi connectivity index (χ3n) is 3.79. The lowest BCUT2D eigenvalue weighted by atomic mass is 9.76. The molecule has 1 nitrogen and oxygen atoms in total. The fourth-order valence-electron chi connectivity index (χ4n) is 2.83. The van der Waals surface area contributed by atoms with Gasteiger partial charge in [0.2, 0.25) is 0 Å². The quantitative estimate of drug-likeness (QED) is 0.601. The van der Waals surface area contributed by atoms with Crippen molar-refractivity contribution in [3.8, 4) is 0 Å². The van der Waals surface area contributed by atoms with Crippen molar-refractivity contribution in [1.82, 2.24) is 5.32 Å². The van der Waals surface area contributed by atoms with Crippen LogP contribution in [0.1, 0.15) is 37.3 Å². The minimum absolute atomic E-state index is 0.306. The first kappa shape index (κ1) is 12.4. The van der Waals surface area contributed by atoms with E-state index >= 15 is 0 Å². The molecule has 0 fully saturated rings. The summed E-state index contributed by atoms with van der Waals surface area (Å²) in [6, 6.07) is 8.84. The monoisotopic (exact) mass is 229 g/mol. The second kappa shape index (κ2) is 5.50. The van der Waals surface area contributed by atoms with Gasteiger partial charge in [0.05, 0.1) is 0 Å². The van der Waals surface area contributed by atoms with Crippen molar-refractivity contribution in [2.24, 2.45) is 0 Å². The molecule has 1 heteroatoms. The van der Waals surface area contributed by atoms with E-state index in [0.717, 1.165) is 13.1 Å². The smallest absolute Gasteiger partial charge is 0.0149 e. The molecular formula is C16H23N. The van der Waals surface area contributed by atoms with E-state index in [1.807, 2.05) is 0 Å². The van der Waals surface area contributed by atoms with Crippen molar-refractivity contribution < 1.29 is 0 Å². The molecule has 0 aliphatic heterocycles. The summed E-state index contributed by atoms with van der Waals surface area (Å²) >= 11 is 0. The molecule has 0 amide bonds. The van der Waals surface area contributed by atoms with Crippen LogP contribution in [-0.4, -0.2) is 13.1 Å². The van der Waals surface area contributed by atoms with Crippen molar-refractivity contribution in [1.29, 1.82) is 0 Å². The number of benzene rings is 1. The van der Waals surface area contributed by atoms with E-state index in [4.69, 9.17) is 0 Å². The molecule has 1 aliphatic rings. The molecule has 1 N–H and O–H groups in total. The summed E-state index contributed by atoms with van der Waals surface area (Å²) in [6.07, 6.45) is 8.22. The van der Waals surface area contributed by atoms with Crippen molar-refractivity contribution in [2.45, 2.75) is 38.5 Å². The van der Waals surface area contributed by atoms with E-state index < -0.39 is 0 Å². The lowest BCUT2D eigenvalue weighted by Gasteiger charge is -2.31.